The monoisotopic (exact) mass is 309 g/mol. The molecular formula is C11H15N7O2S. The highest BCUT2D eigenvalue weighted by atomic mass is 32.2. The quantitative estimate of drug-likeness (QED) is 0.793. The number of hydrogen-bond acceptors (Lipinski definition) is 8. The lowest BCUT2D eigenvalue weighted by atomic mass is 10.2. The van der Waals surface area contributed by atoms with E-state index in [1.165, 1.54) is 11.8 Å². The van der Waals surface area contributed by atoms with Crippen molar-refractivity contribution in [3.63, 3.8) is 0 Å². The minimum absolute atomic E-state index is 0.117. The van der Waals surface area contributed by atoms with Gasteiger partial charge in [0.2, 0.25) is 17.0 Å². The van der Waals surface area contributed by atoms with Gasteiger partial charge in [0.1, 0.15) is 0 Å². The fourth-order valence-corrected chi connectivity index (χ4v) is 2.38. The number of nitrogens with zero attached hydrogens (tertiary/aromatic N) is 6. The van der Waals surface area contributed by atoms with Gasteiger partial charge in [-0.25, -0.2) is 4.68 Å². The van der Waals surface area contributed by atoms with Crippen molar-refractivity contribution in [2.75, 3.05) is 11.1 Å². The zero-order chi connectivity index (χ0) is 14.8. The number of nitrogens with one attached hydrogen (secondary N) is 1. The van der Waals surface area contributed by atoms with E-state index in [0.29, 0.717) is 17.1 Å². The van der Waals surface area contributed by atoms with Gasteiger partial charge in [0.25, 0.3) is 0 Å². The normalized spacial score (nSPS) is 14.6. The number of carbonyl (C=O) groups is 1. The molecule has 112 valence electrons. The Morgan fingerprint density at radius 3 is 2.90 bits per heavy atom. The first kappa shape index (κ1) is 14.0. The number of anilines is 1. The summed E-state index contributed by atoms with van der Waals surface area (Å²) in [5.41, 5.74) is 0. The van der Waals surface area contributed by atoms with Crippen molar-refractivity contribution in [3.8, 4) is 0 Å². The molecule has 2 aromatic heterocycles. The SMILES string of the molecule is CC(C)c1nnc(NC(=O)CSc2nnnn2C2CC2)o1. The van der Waals surface area contributed by atoms with Crippen LogP contribution in [0.25, 0.3) is 0 Å². The molecule has 1 aliphatic carbocycles. The summed E-state index contributed by atoms with van der Waals surface area (Å²) in [6.07, 6.45) is 2.18. The highest BCUT2D eigenvalue weighted by molar-refractivity contribution is 7.99. The van der Waals surface area contributed by atoms with Crippen LogP contribution in [-0.2, 0) is 4.79 Å². The molecule has 1 N–H and O–H groups in total. The highest BCUT2D eigenvalue weighted by Gasteiger charge is 2.28. The Morgan fingerprint density at radius 1 is 1.43 bits per heavy atom. The van der Waals surface area contributed by atoms with Crippen LogP contribution in [0, 0.1) is 0 Å². The van der Waals surface area contributed by atoms with E-state index in [1.54, 1.807) is 4.68 Å². The van der Waals surface area contributed by atoms with E-state index in [2.05, 4.69) is 31.0 Å². The molecule has 10 heteroatoms. The summed E-state index contributed by atoms with van der Waals surface area (Å²) < 4.78 is 7.08. The number of rotatable bonds is 6. The van der Waals surface area contributed by atoms with Crippen molar-refractivity contribution < 1.29 is 9.21 Å². The first-order valence-electron chi connectivity index (χ1n) is 6.67. The molecule has 0 unspecified atom stereocenters. The molecular weight excluding hydrogens is 294 g/mol. The number of thioether (sulfide) groups is 1. The third-order valence-electron chi connectivity index (χ3n) is 2.87. The molecule has 1 amide bonds. The third-order valence-corrected chi connectivity index (χ3v) is 3.80. The van der Waals surface area contributed by atoms with Crippen LogP contribution in [0.4, 0.5) is 6.01 Å². The lowest BCUT2D eigenvalue weighted by Gasteiger charge is -2.02. The highest BCUT2D eigenvalue weighted by Crippen LogP contribution is 2.36. The fourth-order valence-electron chi connectivity index (χ4n) is 1.63. The number of carbonyl (C=O) groups excluding carboxylic acids is 1. The molecule has 0 radical (unpaired) electrons. The van der Waals surface area contributed by atoms with Gasteiger partial charge in [0.05, 0.1) is 11.8 Å². The van der Waals surface area contributed by atoms with E-state index in [9.17, 15) is 4.79 Å². The molecule has 3 rings (SSSR count). The van der Waals surface area contributed by atoms with E-state index in [4.69, 9.17) is 4.42 Å². The summed E-state index contributed by atoms with van der Waals surface area (Å²) in [6, 6.07) is 0.501. The molecule has 0 atom stereocenters. The molecule has 0 bridgehead atoms. The van der Waals surface area contributed by atoms with Crippen LogP contribution >= 0.6 is 11.8 Å². The van der Waals surface area contributed by atoms with Gasteiger partial charge in [-0.1, -0.05) is 30.7 Å². The second-order valence-electron chi connectivity index (χ2n) is 5.07. The molecule has 1 saturated carbocycles. The van der Waals surface area contributed by atoms with Crippen LogP contribution in [0.3, 0.4) is 0 Å². The predicted octanol–water partition coefficient (Wildman–Crippen LogP) is 1.25. The van der Waals surface area contributed by atoms with Gasteiger partial charge in [-0.05, 0) is 23.3 Å². The molecule has 1 aliphatic rings. The van der Waals surface area contributed by atoms with Crippen molar-refractivity contribution in [2.45, 2.75) is 43.8 Å². The van der Waals surface area contributed by atoms with Crippen LogP contribution in [0.2, 0.25) is 0 Å². The molecule has 1 fully saturated rings. The second-order valence-corrected chi connectivity index (χ2v) is 6.02. The van der Waals surface area contributed by atoms with Gasteiger partial charge in [-0.15, -0.1) is 10.2 Å². The third kappa shape index (κ3) is 3.38. The van der Waals surface area contributed by atoms with Crippen LogP contribution < -0.4 is 5.32 Å². The zero-order valence-electron chi connectivity index (χ0n) is 11.7. The molecule has 0 spiro atoms. The van der Waals surface area contributed by atoms with Crippen molar-refractivity contribution in [3.05, 3.63) is 5.89 Å². The number of aromatic nitrogens is 6. The summed E-state index contributed by atoms with van der Waals surface area (Å²) in [4.78, 5) is 11.8. The van der Waals surface area contributed by atoms with Crippen molar-refractivity contribution in [2.24, 2.45) is 0 Å². The smallest absolute Gasteiger partial charge is 0.322 e. The maximum Gasteiger partial charge on any atom is 0.322 e. The Kier molecular flexibility index (Phi) is 3.86. The lowest BCUT2D eigenvalue weighted by molar-refractivity contribution is -0.113. The van der Waals surface area contributed by atoms with Gasteiger partial charge in [0, 0.05) is 5.92 Å². The predicted molar refractivity (Wildman–Crippen MR) is 73.8 cm³/mol. The topological polar surface area (TPSA) is 112 Å². The van der Waals surface area contributed by atoms with Crippen LogP contribution in [-0.4, -0.2) is 42.1 Å². The average Bonchev–Trinajstić information content (AvgIpc) is 3.00. The Morgan fingerprint density at radius 2 is 2.24 bits per heavy atom. The molecule has 21 heavy (non-hydrogen) atoms. The minimum Gasteiger partial charge on any atom is -0.408 e. The molecule has 9 nitrogen and oxygen atoms in total. The average molecular weight is 309 g/mol. The summed E-state index contributed by atoms with van der Waals surface area (Å²) in [6.45, 7) is 3.87. The molecule has 2 heterocycles. The summed E-state index contributed by atoms with van der Waals surface area (Å²) in [7, 11) is 0. The summed E-state index contributed by atoms with van der Waals surface area (Å²) in [5.74, 6) is 0.576. The maximum atomic E-state index is 11.8. The number of hydrogen-bond donors (Lipinski definition) is 1. The van der Waals surface area contributed by atoms with E-state index < -0.39 is 0 Å². The van der Waals surface area contributed by atoms with E-state index >= 15 is 0 Å². The Balaban J connectivity index is 1.52. The minimum atomic E-state index is -0.232. The van der Waals surface area contributed by atoms with E-state index in [-0.39, 0.29) is 23.6 Å². The second kappa shape index (κ2) is 5.80. The first-order chi connectivity index (χ1) is 10.1. The Bertz CT molecular complexity index is 634. The Hall–Kier alpha value is -1.97. The van der Waals surface area contributed by atoms with Crippen LogP contribution in [0.5, 0.6) is 0 Å². The fraction of sp³-hybridized carbons (Fsp3) is 0.636. The van der Waals surface area contributed by atoms with Gasteiger partial charge >= 0.3 is 6.01 Å². The summed E-state index contributed by atoms with van der Waals surface area (Å²) in [5, 5.41) is 22.3. The molecule has 0 saturated heterocycles. The number of tetrazole rings is 1. The van der Waals surface area contributed by atoms with Crippen molar-refractivity contribution in [1.29, 1.82) is 0 Å². The van der Waals surface area contributed by atoms with Gasteiger partial charge in [0.15, 0.2) is 0 Å². The van der Waals surface area contributed by atoms with Crippen LogP contribution in [0.15, 0.2) is 9.57 Å². The first-order valence-corrected chi connectivity index (χ1v) is 7.66. The molecule has 0 aliphatic heterocycles. The standard InChI is InChI=1S/C11H15N7O2S/c1-6(2)9-13-14-10(20-9)12-8(19)5-21-11-15-16-17-18(11)7-3-4-7/h6-7H,3-5H2,1-2H3,(H,12,14,19). The van der Waals surface area contributed by atoms with Crippen molar-refractivity contribution >= 4 is 23.7 Å². The van der Waals surface area contributed by atoms with E-state index in [1.807, 2.05) is 13.8 Å². The zero-order valence-corrected chi connectivity index (χ0v) is 12.5. The largest absolute Gasteiger partial charge is 0.408 e. The maximum absolute atomic E-state index is 11.8. The van der Waals surface area contributed by atoms with E-state index in [0.717, 1.165) is 12.8 Å². The number of amides is 1. The Labute approximate surface area is 124 Å². The molecule has 2 aromatic rings. The van der Waals surface area contributed by atoms with Gasteiger partial charge < -0.3 is 4.42 Å². The van der Waals surface area contributed by atoms with Crippen molar-refractivity contribution in [1.82, 2.24) is 30.4 Å². The van der Waals surface area contributed by atoms with Crippen LogP contribution in [0.1, 0.15) is 44.5 Å². The molecule has 0 aromatic carbocycles. The van der Waals surface area contributed by atoms with Gasteiger partial charge in [-0.3, -0.25) is 10.1 Å². The lowest BCUT2D eigenvalue weighted by Crippen LogP contribution is -2.15. The summed E-state index contributed by atoms with van der Waals surface area (Å²) >= 11 is 1.29. The van der Waals surface area contributed by atoms with Gasteiger partial charge in [-0.2, -0.15) is 0 Å².